The maximum atomic E-state index is 11.3. The zero-order valence-corrected chi connectivity index (χ0v) is 9.89. The minimum absolute atomic E-state index is 0. The van der Waals surface area contributed by atoms with E-state index in [-0.39, 0.29) is 24.9 Å². The Morgan fingerprint density at radius 2 is 2.38 bits per heavy atom. The first-order valence-electron chi connectivity index (χ1n) is 4.95. The van der Waals surface area contributed by atoms with Gasteiger partial charge in [-0.2, -0.15) is 0 Å². The van der Waals surface area contributed by atoms with Gasteiger partial charge in [0.15, 0.2) is 0 Å². The maximum Gasteiger partial charge on any atom is 0.250 e. The van der Waals surface area contributed by atoms with Crippen molar-refractivity contribution in [3.63, 3.8) is 0 Å². The second-order valence-electron chi connectivity index (χ2n) is 3.53. The molecular formula is C11H15ClN2O2. The Morgan fingerprint density at radius 3 is 3.12 bits per heavy atom. The first kappa shape index (κ1) is 12.8. The predicted octanol–water partition coefficient (Wildman–Crippen LogP) is 1.66. The smallest absolute Gasteiger partial charge is 0.250 e. The van der Waals surface area contributed by atoms with Gasteiger partial charge in [0.05, 0.1) is 0 Å². The van der Waals surface area contributed by atoms with E-state index in [9.17, 15) is 4.79 Å². The molecular weight excluding hydrogens is 228 g/mol. The van der Waals surface area contributed by atoms with Crippen LogP contribution in [0.4, 0.5) is 11.4 Å². The Hall–Kier alpha value is -1.26. The fourth-order valence-corrected chi connectivity index (χ4v) is 1.71. The lowest BCUT2D eigenvalue weighted by Crippen LogP contribution is -2.17. The molecule has 88 valence electrons. The van der Waals surface area contributed by atoms with Crippen molar-refractivity contribution in [1.29, 1.82) is 0 Å². The van der Waals surface area contributed by atoms with Gasteiger partial charge >= 0.3 is 0 Å². The van der Waals surface area contributed by atoms with Gasteiger partial charge in [-0.1, -0.05) is 0 Å². The second kappa shape index (κ2) is 5.72. The first-order chi connectivity index (χ1) is 7.29. The van der Waals surface area contributed by atoms with Crippen LogP contribution >= 0.6 is 12.4 Å². The third-order valence-electron chi connectivity index (χ3n) is 2.37. The zero-order valence-electron chi connectivity index (χ0n) is 9.08. The molecule has 0 aliphatic carbocycles. The Morgan fingerprint density at radius 1 is 1.56 bits per heavy atom. The number of carbonyl (C=O) groups is 1. The average Bonchev–Trinajstić information content (AvgIpc) is 2.65. The molecule has 0 spiro atoms. The number of nitrogens with one attached hydrogen (secondary N) is 2. The lowest BCUT2D eigenvalue weighted by atomic mass is 10.1. The van der Waals surface area contributed by atoms with E-state index in [4.69, 9.17) is 4.74 Å². The molecule has 2 rings (SSSR count). The van der Waals surface area contributed by atoms with Crippen LogP contribution in [0, 0.1) is 0 Å². The molecule has 0 aromatic heterocycles. The largest absolute Gasteiger partial charge is 0.384 e. The molecule has 0 saturated heterocycles. The van der Waals surface area contributed by atoms with E-state index < -0.39 is 0 Å². The summed E-state index contributed by atoms with van der Waals surface area (Å²) in [6.07, 6.45) is 1.02. The molecule has 0 fully saturated rings. The highest BCUT2D eigenvalue weighted by Crippen LogP contribution is 2.25. The highest BCUT2D eigenvalue weighted by molar-refractivity contribution is 5.92. The van der Waals surface area contributed by atoms with E-state index in [0.717, 1.165) is 18.7 Å². The number of amides is 1. The van der Waals surface area contributed by atoms with Gasteiger partial charge in [-0.05, 0) is 30.2 Å². The zero-order chi connectivity index (χ0) is 10.7. The van der Waals surface area contributed by atoms with Crippen molar-refractivity contribution >= 4 is 29.7 Å². The summed E-state index contributed by atoms with van der Waals surface area (Å²) in [4.78, 5) is 11.3. The highest BCUT2D eigenvalue weighted by atomic mass is 35.5. The summed E-state index contributed by atoms with van der Waals surface area (Å²) in [5.41, 5.74) is 3.25. The molecule has 0 unspecified atom stereocenters. The fourth-order valence-electron chi connectivity index (χ4n) is 1.71. The lowest BCUT2D eigenvalue weighted by Gasteiger charge is -2.06. The van der Waals surface area contributed by atoms with Crippen LogP contribution in [0.25, 0.3) is 0 Å². The first-order valence-corrected chi connectivity index (χ1v) is 4.95. The summed E-state index contributed by atoms with van der Waals surface area (Å²) in [6.45, 7) is 1.07. The molecule has 1 heterocycles. The van der Waals surface area contributed by atoms with E-state index in [0.29, 0.717) is 0 Å². The molecule has 1 aromatic carbocycles. The summed E-state index contributed by atoms with van der Waals surface area (Å²) in [5.74, 6) is -0.122. The molecule has 1 amide bonds. The van der Waals surface area contributed by atoms with Crippen molar-refractivity contribution in [1.82, 2.24) is 0 Å². The normalized spacial score (nSPS) is 12.3. The van der Waals surface area contributed by atoms with Crippen molar-refractivity contribution < 1.29 is 9.53 Å². The molecule has 16 heavy (non-hydrogen) atoms. The van der Waals surface area contributed by atoms with Crippen LogP contribution in [0.1, 0.15) is 5.56 Å². The number of benzene rings is 1. The Bertz CT molecular complexity index is 382. The lowest BCUT2D eigenvalue weighted by molar-refractivity contribution is -0.119. The third kappa shape index (κ3) is 2.87. The van der Waals surface area contributed by atoms with Gasteiger partial charge in [0, 0.05) is 25.0 Å². The van der Waals surface area contributed by atoms with Crippen LogP contribution in [-0.4, -0.2) is 26.2 Å². The van der Waals surface area contributed by atoms with Gasteiger partial charge in [-0.3, -0.25) is 4.79 Å². The van der Waals surface area contributed by atoms with Crippen molar-refractivity contribution in [2.24, 2.45) is 0 Å². The maximum absolute atomic E-state index is 11.3. The Balaban J connectivity index is 0.00000128. The molecule has 2 N–H and O–H groups in total. The van der Waals surface area contributed by atoms with Crippen LogP contribution in [0.5, 0.6) is 0 Å². The second-order valence-corrected chi connectivity index (χ2v) is 3.53. The molecule has 4 nitrogen and oxygen atoms in total. The number of hydrogen-bond donors (Lipinski definition) is 2. The molecule has 1 aliphatic rings. The van der Waals surface area contributed by atoms with Crippen LogP contribution in [0.3, 0.4) is 0 Å². The number of methoxy groups -OCH3 is 1. The summed E-state index contributed by atoms with van der Waals surface area (Å²) < 4.78 is 4.74. The van der Waals surface area contributed by atoms with Gasteiger partial charge in [-0.25, -0.2) is 0 Å². The van der Waals surface area contributed by atoms with E-state index in [1.54, 1.807) is 0 Å². The third-order valence-corrected chi connectivity index (χ3v) is 2.37. The number of fused-ring (bicyclic) bond motifs is 1. The molecule has 0 bridgehead atoms. The molecule has 0 atom stereocenters. The van der Waals surface area contributed by atoms with E-state index in [1.807, 2.05) is 18.2 Å². The minimum Gasteiger partial charge on any atom is -0.384 e. The predicted molar refractivity (Wildman–Crippen MR) is 66.4 cm³/mol. The minimum atomic E-state index is -0.122. The summed E-state index contributed by atoms with van der Waals surface area (Å²) in [5, 5.41) is 6.05. The van der Waals surface area contributed by atoms with Gasteiger partial charge in [0.25, 0.3) is 0 Å². The van der Waals surface area contributed by atoms with E-state index in [1.165, 1.54) is 18.4 Å². The van der Waals surface area contributed by atoms with Gasteiger partial charge in [0.2, 0.25) is 5.91 Å². The standard InChI is InChI=1S/C11H14N2O2.ClH/c1-15-7-11(14)13-9-2-3-10-8(6-9)4-5-12-10;/h2-3,6,12H,4-5,7H2,1H3,(H,13,14);1H. The van der Waals surface area contributed by atoms with Crippen molar-refractivity contribution in [3.8, 4) is 0 Å². The van der Waals surface area contributed by atoms with Gasteiger partial charge in [-0.15, -0.1) is 12.4 Å². The number of halogens is 1. The SMILES string of the molecule is COCC(=O)Nc1ccc2c(c1)CCN2.Cl. The summed E-state index contributed by atoms with van der Waals surface area (Å²) >= 11 is 0. The van der Waals surface area contributed by atoms with E-state index >= 15 is 0 Å². The van der Waals surface area contributed by atoms with Crippen LogP contribution < -0.4 is 10.6 Å². The molecule has 0 radical (unpaired) electrons. The van der Waals surface area contributed by atoms with Gasteiger partial charge < -0.3 is 15.4 Å². The molecule has 1 aliphatic heterocycles. The van der Waals surface area contributed by atoms with Crippen LogP contribution in [0.15, 0.2) is 18.2 Å². The monoisotopic (exact) mass is 242 g/mol. The summed E-state index contributed by atoms with van der Waals surface area (Å²) in [6, 6.07) is 5.89. The quantitative estimate of drug-likeness (QED) is 0.848. The molecule has 5 heteroatoms. The van der Waals surface area contributed by atoms with E-state index in [2.05, 4.69) is 10.6 Å². The number of anilines is 2. The van der Waals surface area contributed by atoms with Crippen LogP contribution in [-0.2, 0) is 16.0 Å². The highest BCUT2D eigenvalue weighted by Gasteiger charge is 2.10. The fraction of sp³-hybridized carbons (Fsp3) is 0.364. The number of rotatable bonds is 3. The number of hydrogen-bond acceptors (Lipinski definition) is 3. The summed E-state index contributed by atoms with van der Waals surface area (Å²) in [7, 11) is 1.51. The van der Waals surface area contributed by atoms with Crippen molar-refractivity contribution in [2.45, 2.75) is 6.42 Å². The van der Waals surface area contributed by atoms with Crippen LogP contribution in [0.2, 0.25) is 0 Å². The average molecular weight is 243 g/mol. The molecule has 1 aromatic rings. The van der Waals surface area contributed by atoms with Crippen molar-refractivity contribution in [3.05, 3.63) is 23.8 Å². The Labute approximate surface area is 101 Å². The number of carbonyl (C=O) groups excluding carboxylic acids is 1. The Kier molecular flexibility index (Phi) is 4.58. The molecule has 0 saturated carbocycles. The topological polar surface area (TPSA) is 50.4 Å². The van der Waals surface area contributed by atoms with Crippen molar-refractivity contribution in [2.75, 3.05) is 30.9 Å². The van der Waals surface area contributed by atoms with Gasteiger partial charge in [0.1, 0.15) is 6.61 Å². The number of ether oxygens (including phenoxy) is 1.